The molecule has 64 valence electrons. The van der Waals surface area contributed by atoms with Crippen molar-refractivity contribution in [2.45, 2.75) is 45.4 Å². The largest absolute Gasteiger partial charge is 0.396 e. The molecule has 0 aromatic rings. The lowest BCUT2D eigenvalue weighted by atomic mass is 9.70. The van der Waals surface area contributed by atoms with E-state index in [1.807, 2.05) is 0 Å². The molecule has 1 heteroatoms. The standard InChI is InChI=1S/C10H18O/c1-9-3-2-4-10(7-9,8-11)6-5-9/h11H,2-8H2,1H3. The van der Waals surface area contributed by atoms with Crippen LogP contribution in [0.1, 0.15) is 45.4 Å². The molecule has 0 spiro atoms. The Bertz CT molecular complexity index is 166. The van der Waals surface area contributed by atoms with E-state index < -0.39 is 0 Å². The Hall–Kier alpha value is -0.0400. The molecular formula is C10H18O. The molecule has 0 aromatic heterocycles. The number of aliphatic hydroxyl groups is 1. The minimum absolute atomic E-state index is 0.354. The zero-order valence-corrected chi connectivity index (χ0v) is 7.40. The highest BCUT2D eigenvalue weighted by Crippen LogP contribution is 2.57. The molecule has 0 radical (unpaired) electrons. The molecule has 0 amide bonds. The highest BCUT2D eigenvalue weighted by atomic mass is 16.3. The highest BCUT2D eigenvalue weighted by Gasteiger charge is 2.47. The minimum Gasteiger partial charge on any atom is -0.396 e. The van der Waals surface area contributed by atoms with E-state index >= 15 is 0 Å². The van der Waals surface area contributed by atoms with Gasteiger partial charge in [0.25, 0.3) is 0 Å². The fraction of sp³-hybridized carbons (Fsp3) is 1.00. The van der Waals surface area contributed by atoms with E-state index in [1.54, 1.807) is 0 Å². The second-order valence-electron chi connectivity index (χ2n) is 5.00. The summed E-state index contributed by atoms with van der Waals surface area (Å²) in [6, 6.07) is 0. The molecule has 2 rings (SSSR count). The van der Waals surface area contributed by atoms with E-state index in [4.69, 9.17) is 0 Å². The summed E-state index contributed by atoms with van der Waals surface area (Å²) in [6.07, 6.45) is 7.94. The van der Waals surface area contributed by atoms with E-state index in [9.17, 15) is 5.11 Å². The summed E-state index contributed by atoms with van der Waals surface area (Å²) in [6.45, 7) is 2.83. The van der Waals surface area contributed by atoms with Gasteiger partial charge in [-0.2, -0.15) is 0 Å². The molecule has 2 unspecified atom stereocenters. The van der Waals surface area contributed by atoms with Gasteiger partial charge >= 0.3 is 0 Å². The summed E-state index contributed by atoms with van der Waals surface area (Å²) >= 11 is 0. The molecule has 2 saturated carbocycles. The normalized spacial score (nSPS) is 49.6. The van der Waals surface area contributed by atoms with Crippen LogP contribution < -0.4 is 0 Å². The molecule has 2 fully saturated rings. The average Bonchev–Trinajstić information content (AvgIpc) is 2.24. The molecule has 1 N–H and O–H groups in total. The third-order valence-corrected chi connectivity index (χ3v) is 3.88. The van der Waals surface area contributed by atoms with Crippen molar-refractivity contribution in [3.8, 4) is 0 Å². The maximum atomic E-state index is 9.28. The van der Waals surface area contributed by atoms with E-state index in [-0.39, 0.29) is 0 Å². The first kappa shape index (κ1) is 7.60. The number of rotatable bonds is 1. The Kier molecular flexibility index (Phi) is 1.54. The number of hydrogen-bond acceptors (Lipinski definition) is 1. The molecule has 0 aliphatic heterocycles. The molecule has 2 aliphatic rings. The third kappa shape index (κ3) is 1.10. The molecule has 0 heterocycles. The Morgan fingerprint density at radius 1 is 1.18 bits per heavy atom. The van der Waals surface area contributed by atoms with Crippen molar-refractivity contribution in [2.24, 2.45) is 10.8 Å². The lowest BCUT2D eigenvalue weighted by Gasteiger charge is -2.36. The zero-order valence-electron chi connectivity index (χ0n) is 7.40. The second-order valence-corrected chi connectivity index (χ2v) is 5.00. The fourth-order valence-corrected chi connectivity index (χ4v) is 3.18. The number of fused-ring (bicyclic) bond motifs is 2. The molecule has 0 saturated heterocycles. The van der Waals surface area contributed by atoms with Gasteiger partial charge in [0.1, 0.15) is 0 Å². The van der Waals surface area contributed by atoms with Crippen molar-refractivity contribution in [3.05, 3.63) is 0 Å². The molecule has 2 bridgehead atoms. The van der Waals surface area contributed by atoms with Crippen molar-refractivity contribution >= 4 is 0 Å². The predicted octanol–water partition coefficient (Wildman–Crippen LogP) is 2.34. The highest BCUT2D eigenvalue weighted by molar-refractivity contribution is 4.98. The molecule has 2 aliphatic carbocycles. The van der Waals surface area contributed by atoms with Gasteiger partial charge in [-0.15, -0.1) is 0 Å². The smallest absolute Gasteiger partial charge is 0.0487 e. The van der Waals surface area contributed by atoms with Crippen molar-refractivity contribution in [1.29, 1.82) is 0 Å². The zero-order chi connectivity index (χ0) is 7.95. The van der Waals surface area contributed by atoms with E-state index in [0.29, 0.717) is 17.4 Å². The van der Waals surface area contributed by atoms with Gasteiger partial charge in [-0.25, -0.2) is 0 Å². The van der Waals surface area contributed by atoms with Gasteiger partial charge in [0.2, 0.25) is 0 Å². The second kappa shape index (κ2) is 2.22. The van der Waals surface area contributed by atoms with Crippen LogP contribution in [0.4, 0.5) is 0 Å². The van der Waals surface area contributed by atoms with Crippen LogP contribution in [0.5, 0.6) is 0 Å². The fourth-order valence-electron chi connectivity index (χ4n) is 3.18. The van der Waals surface area contributed by atoms with Gasteiger partial charge in [0.05, 0.1) is 0 Å². The Morgan fingerprint density at radius 3 is 2.64 bits per heavy atom. The van der Waals surface area contributed by atoms with Crippen molar-refractivity contribution < 1.29 is 5.11 Å². The summed E-state index contributed by atoms with van der Waals surface area (Å²) in [5, 5.41) is 9.28. The average molecular weight is 154 g/mol. The predicted molar refractivity (Wildman–Crippen MR) is 45.3 cm³/mol. The van der Waals surface area contributed by atoms with Gasteiger partial charge in [-0.3, -0.25) is 0 Å². The topological polar surface area (TPSA) is 20.2 Å². The van der Waals surface area contributed by atoms with Crippen LogP contribution in [0, 0.1) is 10.8 Å². The molecular weight excluding hydrogens is 136 g/mol. The van der Waals surface area contributed by atoms with Crippen LogP contribution in [0.2, 0.25) is 0 Å². The van der Waals surface area contributed by atoms with Crippen molar-refractivity contribution in [2.75, 3.05) is 6.61 Å². The van der Waals surface area contributed by atoms with E-state index in [0.717, 1.165) is 0 Å². The van der Waals surface area contributed by atoms with Crippen LogP contribution in [0.25, 0.3) is 0 Å². The van der Waals surface area contributed by atoms with Gasteiger partial charge in [0, 0.05) is 6.61 Å². The maximum absolute atomic E-state index is 9.28. The van der Waals surface area contributed by atoms with Gasteiger partial charge in [-0.05, 0) is 42.9 Å². The van der Waals surface area contributed by atoms with E-state index in [2.05, 4.69) is 6.92 Å². The summed E-state index contributed by atoms with van der Waals surface area (Å²) in [5.74, 6) is 0. The number of aliphatic hydroxyl groups excluding tert-OH is 1. The van der Waals surface area contributed by atoms with Crippen molar-refractivity contribution in [3.63, 3.8) is 0 Å². The summed E-state index contributed by atoms with van der Waals surface area (Å²) in [7, 11) is 0. The summed E-state index contributed by atoms with van der Waals surface area (Å²) in [5.41, 5.74) is 0.952. The lowest BCUT2D eigenvalue weighted by molar-refractivity contribution is 0.0758. The quantitative estimate of drug-likeness (QED) is 0.614. The van der Waals surface area contributed by atoms with Gasteiger partial charge < -0.3 is 5.11 Å². The first-order valence-electron chi connectivity index (χ1n) is 4.79. The minimum atomic E-state index is 0.354. The Balaban J connectivity index is 2.17. The van der Waals surface area contributed by atoms with Crippen LogP contribution in [-0.2, 0) is 0 Å². The lowest BCUT2D eigenvalue weighted by Crippen LogP contribution is -2.28. The van der Waals surface area contributed by atoms with Crippen LogP contribution in [0.15, 0.2) is 0 Å². The summed E-state index contributed by atoms with van der Waals surface area (Å²) in [4.78, 5) is 0. The Morgan fingerprint density at radius 2 is 2.00 bits per heavy atom. The van der Waals surface area contributed by atoms with E-state index in [1.165, 1.54) is 38.5 Å². The third-order valence-electron chi connectivity index (χ3n) is 3.88. The van der Waals surface area contributed by atoms with Crippen LogP contribution >= 0.6 is 0 Å². The van der Waals surface area contributed by atoms with Gasteiger partial charge in [0.15, 0.2) is 0 Å². The molecule has 0 aromatic carbocycles. The van der Waals surface area contributed by atoms with Crippen molar-refractivity contribution in [1.82, 2.24) is 0 Å². The first-order valence-corrected chi connectivity index (χ1v) is 4.79. The van der Waals surface area contributed by atoms with Gasteiger partial charge in [-0.1, -0.05) is 13.3 Å². The van der Waals surface area contributed by atoms with Crippen LogP contribution in [-0.4, -0.2) is 11.7 Å². The SMILES string of the molecule is CC12CCCC(CO)(CC1)C2. The maximum Gasteiger partial charge on any atom is 0.0487 e. The number of hydrogen-bond donors (Lipinski definition) is 1. The van der Waals surface area contributed by atoms with Crippen LogP contribution in [0.3, 0.4) is 0 Å². The summed E-state index contributed by atoms with van der Waals surface area (Å²) < 4.78 is 0. The molecule has 2 atom stereocenters. The monoisotopic (exact) mass is 154 g/mol. The molecule has 11 heavy (non-hydrogen) atoms. The first-order chi connectivity index (χ1) is 5.18. The Labute approximate surface area is 68.8 Å². The molecule has 1 nitrogen and oxygen atoms in total.